The molecule has 18 heteroatoms. The molecule has 9 aliphatic heterocycles. The van der Waals surface area contributed by atoms with E-state index in [0.29, 0.717) is 48.1 Å². The van der Waals surface area contributed by atoms with Crippen LogP contribution in [0.2, 0.25) is 0 Å². The van der Waals surface area contributed by atoms with E-state index in [1.165, 1.54) is 194 Å². The molecule has 18 nitrogen and oxygen atoms in total. The highest BCUT2D eigenvalue weighted by Gasteiger charge is 2.31. The zero-order chi connectivity index (χ0) is 87.8. The standard InChI is InChI=1S/2C12H25NO2.2C12H25NO.C11H23N.2C10H21NO.C10H21N.C8H17NO/c1-12(2,3)15-9-11(14)7-10-5-6-13(4)8-10;1-12(2,3)15-9-11(14)8-10-6-5-7-13(10)4;1-12(2,3)14-10-6-8-11-7-5-9-13(11)4;1-12(2,3)14-9-5-6-11-7-8-13(4)10-11;1-11(2,3)7-5-10-6-8-12(4)9-10;1-10(2,3)12-8-9-5-6-11(4)7-9;1-10(2,3)12-8-9-6-5-7-11(9)4;1-10(2,3)6-5-9-7-11(4)8-9;1-7(2)10-6-8-4-9(3)5-8/h2*10-11,14H,5-9H2,1-4H3;2*11H,5-10H2,1-4H3;10H,5-9H2,1-4H3;2*9H,5-8H2,1-4H3;9H,5-8H2,1-4H3;7-8H,4-6H2,1-3H3. The number of ether oxygens (including phenoxy) is 7. The fourth-order valence-electron chi connectivity index (χ4n) is 16.0. The Bertz CT molecular complexity index is 2310. The summed E-state index contributed by atoms with van der Waals surface area (Å²) in [6.07, 6.45) is 25.3. The van der Waals surface area contributed by atoms with Crippen molar-refractivity contribution in [2.45, 2.75) is 378 Å². The summed E-state index contributed by atoms with van der Waals surface area (Å²) in [5.41, 5.74) is 0.879. The molecule has 9 fully saturated rings. The fourth-order valence-corrected chi connectivity index (χ4v) is 16.0. The molecule has 0 radical (unpaired) electrons. The Morgan fingerprint density at radius 1 is 0.296 bits per heavy atom. The number of likely N-dealkylation sites (N-methyl/N-ethyl adjacent to an activating group) is 1. The molecule has 0 aromatic heterocycles. The molecule has 9 heterocycles. The summed E-state index contributed by atoms with van der Waals surface area (Å²) in [6, 6.07) is 2.02. The minimum absolute atomic E-state index is 0.0173. The predicted molar refractivity (Wildman–Crippen MR) is 494 cm³/mol. The van der Waals surface area contributed by atoms with E-state index in [0.717, 1.165) is 101 Å². The SMILES string of the molecule is CC(C)OCC1CN(C)C1.CN1CC(CCC(C)(C)C)C1.CN1CCC(CC(O)COC(C)(C)C)C1.CN1CCC(CCC(C)(C)C)C1.CN1CCC(CCCOC(C)(C)C)C1.CN1CCC(COC(C)(C)C)C1.CN1CCCC1CC(O)COC(C)(C)C.CN1CCCC1CCCOC(C)(C)C.CN1CCCC1COC(C)(C)C. The third-order valence-electron chi connectivity index (χ3n) is 23.1. The van der Waals surface area contributed by atoms with Gasteiger partial charge >= 0.3 is 0 Å². The van der Waals surface area contributed by atoms with E-state index in [-0.39, 0.29) is 45.8 Å². The maximum absolute atomic E-state index is 9.84. The maximum Gasteiger partial charge on any atom is 0.0788 e. The van der Waals surface area contributed by atoms with Crippen LogP contribution in [0, 0.1) is 46.3 Å². The molecule has 0 aromatic rings. The molecule has 9 unspecified atom stereocenters. The molecular weight excluding hydrogens is 1440 g/mol. The first-order chi connectivity index (χ1) is 52.8. The van der Waals surface area contributed by atoms with Crippen LogP contribution in [-0.4, -0.2) is 332 Å². The lowest BCUT2D eigenvalue weighted by Crippen LogP contribution is -2.46. The quantitative estimate of drug-likeness (QED) is 0.0755. The number of aliphatic hydroxyl groups is 2. The topological polar surface area (TPSA) is 134 Å². The number of hydrogen-bond acceptors (Lipinski definition) is 18. The Labute approximate surface area is 716 Å². The molecule has 9 rings (SSSR count). The van der Waals surface area contributed by atoms with Crippen LogP contribution >= 0.6 is 0 Å². The molecule has 9 aliphatic rings. The third-order valence-corrected chi connectivity index (χ3v) is 23.1. The first-order valence-corrected chi connectivity index (χ1v) is 46.8. The average Bonchev–Trinajstić information content (AvgIpc) is 1.56. The van der Waals surface area contributed by atoms with Gasteiger partial charge in [-0.3, -0.25) is 0 Å². The summed E-state index contributed by atoms with van der Waals surface area (Å²) >= 11 is 0. The molecule has 9 atom stereocenters. The summed E-state index contributed by atoms with van der Waals surface area (Å²) in [5, 5.41) is 19.7. The summed E-state index contributed by atoms with van der Waals surface area (Å²) in [5.74, 6) is 5.10. The van der Waals surface area contributed by atoms with Crippen molar-refractivity contribution in [3.63, 3.8) is 0 Å². The van der Waals surface area contributed by atoms with Gasteiger partial charge in [0.25, 0.3) is 0 Å². The Morgan fingerprint density at radius 3 is 0.965 bits per heavy atom. The highest BCUT2D eigenvalue weighted by atomic mass is 16.5. The second-order valence-electron chi connectivity index (χ2n) is 45.9. The minimum Gasteiger partial charge on any atom is -0.391 e. The van der Waals surface area contributed by atoms with Gasteiger partial charge < -0.3 is 87.5 Å². The summed E-state index contributed by atoms with van der Waals surface area (Å²) in [4.78, 5) is 21.5. The lowest BCUT2D eigenvalue weighted by atomic mass is 9.84. The molecule has 0 saturated carbocycles. The number of nitrogens with zero attached hydrogens (tertiary/aromatic N) is 9. The first-order valence-electron chi connectivity index (χ1n) is 46.8. The van der Waals surface area contributed by atoms with Crippen molar-refractivity contribution in [2.75, 3.05) is 208 Å². The Hall–Kier alpha value is -0.720. The number of aliphatic hydroxyl groups excluding tert-OH is 2. The summed E-state index contributed by atoms with van der Waals surface area (Å²) in [7, 11) is 19.7. The number of hydrogen-bond donors (Lipinski definition) is 2. The van der Waals surface area contributed by atoms with E-state index < -0.39 is 0 Å². The Balaban J connectivity index is 0.000000648. The molecule has 0 aromatic carbocycles. The molecule has 2 N–H and O–H groups in total. The number of likely N-dealkylation sites (tertiary alicyclic amines) is 9. The van der Waals surface area contributed by atoms with Crippen LogP contribution < -0.4 is 0 Å². The largest absolute Gasteiger partial charge is 0.391 e. The molecule has 0 aliphatic carbocycles. The van der Waals surface area contributed by atoms with E-state index in [9.17, 15) is 10.2 Å². The zero-order valence-corrected chi connectivity index (χ0v) is 83.4. The highest BCUT2D eigenvalue weighted by Crippen LogP contribution is 2.31. The molecule has 9 saturated heterocycles. The van der Waals surface area contributed by atoms with E-state index in [4.69, 9.17) is 33.2 Å². The second kappa shape index (κ2) is 56.3. The van der Waals surface area contributed by atoms with Crippen LogP contribution in [0.1, 0.15) is 308 Å². The molecule has 0 spiro atoms. The van der Waals surface area contributed by atoms with Gasteiger partial charge in [-0.15, -0.1) is 0 Å². The van der Waals surface area contributed by atoms with Crippen LogP contribution in [-0.2, 0) is 33.2 Å². The maximum atomic E-state index is 9.84. The second-order valence-corrected chi connectivity index (χ2v) is 45.9. The molecule has 0 amide bonds. The van der Waals surface area contributed by atoms with E-state index in [1.807, 2.05) is 41.5 Å². The number of rotatable bonds is 27. The third kappa shape index (κ3) is 65.6. The van der Waals surface area contributed by atoms with Crippen LogP contribution in [0.3, 0.4) is 0 Å². The van der Waals surface area contributed by atoms with Crippen molar-refractivity contribution < 1.29 is 43.4 Å². The normalized spacial score (nSPS) is 24.9. The van der Waals surface area contributed by atoms with Crippen LogP contribution in [0.15, 0.2) is 0 Å². The van der Waals surface area contributed by atoms with Gasteiger partial charge in [0, 0.05) is 89.6 Å². The van der Waals surface area contributed by atoms with Gasteiger partial charge in [-0.25, -0.2) is 0 Å². The van der Waals surface area contributed by atoms with Gasteiger partial charge in [0.05, 0.1) is 85.0 Å². The van der Waals surface area contributed by atoms with Crippen molar-refractivity contribution >= 4 is 0 Å². The van der Waals surface area contributed by atoms with Crippen LogP contribution in [0.25, 0.3) is 0 Å². The van der Waals surface area contributed by atoms with Crippen molar-refractivity contribution in [3.8, 4) is 0 Å². The molecule has 690 valence electrons. The highest BCUT2D eigenvalue weighted by molar-refractivity contribution is 4.84. The van der Waals surface area contributed by atoms with Crippen molar-refractivity contribution in [1.29, 1.82) is 0 Å². The van der Waals surface area contributed by atoms with Crippen LogP contribution in [0.4, 0.5) is 0 Å². The fraction of sp³-hybridized carbons (Fsp3) is 1.00. The zero-order valence-electron chi connectivity index (χ0n) is 83.4. The smallest absolute Gasteiger partial charge is 0.0788 e. The lowest BCUT2D eigenvalue weighted by Gasteiger charge is -2.37. The van der Waals surface area contributed by atoms with Gasteiger partial charge in [0.15, 0.2) is 0 Å². The van der Waals surface area contributed by atoms with E-state index >= 15 is 0 Å². The van der Waals surface area contributed by atoms with Crippen LogP contribution in [0.5, 0.6) is 0 Å². The Kier molecular flexibility index (Phi) is 55.0. The first kappa shape index (κ1) is 112. The van der Waals surface area contributed by atoms with E-state index in [1.54, 1.807) is 0 Å². The van der Waals surface area contributed by atoms with Crippen molar-refractivity contribution in [2.24, 2.45) is 46.3 Å². The van der Waals surface area contributed by atoms with Crippen molar-refractivity contribution in [3.05, 3.63) is 0 Å². The molecule has 115 heavy (non-hydrogen) atoms. The molecule has 0 bridgehead atoms. The van der Waals surface area contributed by atoms with Gasteiger partial charge in [-0.2, -0.15) is 0 Å². The average molecular weight is 1640 g/mol. The Morgan fingerprint density at radius 2 is 0.617 bits per heavy atom. The van der Waals surface area contributed by atoms with Gasteiger partial charge in [0.2, 0.25) is 0 Å². The molecular formula is C97H203N9O9. The van der Waals surface area contributed by atoms with Gasteiger partial charge in [-0.05, 0) is 417 Å². The van der Waals surface area contributed by atoms with Crippen molar-refractivity contribution in [1.82, 2.24) is 44.1 Å². The van der Waals surface area contributed by atoms with E-state index in [2.05, 4.69) is 246 Å². The minimum atomic E-state index is -0.324. The summed E-state index contributed by atoms with van der Waals surface area (Å²) < 4.78 is 39.5. The van der Waals surface area contributed by atoms with Gasteiger partial charge in [0.1, 0.15) is 0 Å². The van der Waals surface area contributed by atoms with Gasteiger partial charge in [-0.1, -0.05) is 41.5 Å². The lowest BCUT2D eigenvalue weighted by molar-refractivity contribution is -0.0545. The monoisotopic (exact) mass is 1640 g/mol. The predicted octanol–water partition coefficient (Wildman–Crippen LogP) is 18.1. The summed E-state index contributed by atoms with van der Waals surface area (Å²) in [6.45, 7) is 79.9.